The smallest absolute Gasteiger partial charge is 0.306 e. The number of allylic oxidation sites excluding steroid dienone is 8. The molecule has 0 aliphatic carbocycles. The van der Waals surface area contributed by atoms with Crippen LogP contribution in [-0.2, 0) is 28.6 Å². The summed E-state index contributed by atoms with van der Waals surface area (Å²) in [6.45, 7) is 6.62. The molecule has 0 aromatic heterocycles. The number of esters is 3. The fraction of sp³-hybridized carbons (Fsp3) is 0.857. The first-order valence-corrected chi connectivity index (χ1v) is 37.1. The minimum Gasteiger partial charge on any atom is -0.462 e. The summed E-state index contributed by atoms with van der Waals surface area (Å²) in [5, 5.41) is 0. The predicted octanol–water partition coefficient (Wildman–Crippen LogP) is 25.7. The number of carbonyl (C=O) groups is 3. The first-order chi connectivity index (χ1) is 41.0. The molecule has 0 aliphatic heterocycles. The van der Waals surface area contributed by atoms with Crippen LogP contribution in [0.25, 0.3) is 0 Å². The van der Waals surface area contributed by atoms with Gasteiger partial charge in [0, 0.05) is 19.3 Å². The summed E-state index contributed by atoms with van der Waals surface area (Å²) in [5.74, 6) is -0.866. The second-order valence-corrected chi connectivity index (χ2v) is 25.2. The van der Waals surface area contributed by atoms with Gasteiger partial charge in [-0.05, 0) is 96.3 Å². The molecular weight excluding hydrogens is 1020 g/mol. The topological polar surface area (TPSA) is 78.9 Å². The number of rotatable bonds is 69. The highest BCUT2D eigenvalue weighted by atomic mass is 16.6. The van der Waals surface area contributed by atoms with Gasteiger partial charge in [-0.25, -0.2) is 0 Å². The van der Waals surface area contributed by atoms with E-state index in [0.717, 1.165) is 83.5 Å². The average Bonchev–Trinajstić information content (AvgIpc) is 3.49. The van der Waals surface area contributed by atoms with Crippen molar-refractivity contribution in [1.29, 1.82) is 0 Å². The molecule has 0 amide bonds. The lowest BCUT2D eigenvalue weighted by atomic mass is 10.0. The highest BCUT2D eigenvalue weighted by Crippen LogP contribution is 2.19. The Hall–Kier alpha value is -2.63. The molecule has 0 saturated carbocycles. The second kappa shape index (κ2) is 71.8. The molecule has 0 bridgehead atoms. The van der Waals surface area contributed by atoms with Crippen LogP contribution in [0.3, 0.4) is 0 Å². The maximum atomic E-state index is 12.9. The van der Waals surface area contributed by atoms with E-state index in [1.807, 2.05) is 0 Å². The van der Waals surface area contributed by atoms with Crippen molar-refractivity contribution >= 4 is 17.9 Å². The van der Waals surface area contributed by atoms with Gasteiger partial charge in [-0.2, -0.15) is 0 Å². The number of unbranched alkanes of at least 4 members (excludes halogenated alkanes) is 50. The third-order valence-corrected chi connectivity index (χ3v) is 16.8. The van der Waals surface area contributed by atoms with Crippen LogP contribution in [0.15, 0.2) is 48.6 Å². The van der Waals surface area contributed by atoms with Gasteiger partial charge in [-0.15, -0.1) is 0 Å². The number of hydrogen-bond donors (Lipinski definition) is 0. The van der Waals surface area contributed by atoms with Gasteiger partial charge in [-0.3, -0.25) is 14.4 Å². The zero-order valence-corrected chi connectivity index (χ0v) is 56.0. The first kappa shape index (κ1) is 80.4. The van der Waals surface area contributed by atoms with Crippen LogP contribution in [0.1, 0.15) is 406 Å². The Morgan fingerprint density at radius 3 is 0.723 bits per heavy atom. The molecule has 0 rings (SSSR count). The van der Waals surface area contributed by atoms with Crippen LogP contribution in [0.4, 0.5) is 0 Å². The highest BCUT2D eigenvalue weighted by molar-refractivity contribution is 5.71. The van der Waals surface area contributed by atoms with Gasteiger partial charge in [0.2, 0.25) is 0 Å². The van der Waals surface area contributed by atoms with Crippen molar-refractivity contribution in [3.05, 3.63) is 48.6 Å². The molecule has 1 unspecified atom stereocenters. The maximum absolute atomic E-state index is 12.9. The molecule has 0 heterocycles. The van der Waals surface area contributed by atoms with Crippen molar-refractivity contribution in [3.63, 3.8) is 0 Å². The van der Waals surface area contributed by atoms with Crippen LogP contribution in [-0.4, -0.2) is 37.2 Å². The van der Waals surface area contributed by atoms with Crippen LogP contribution in [0.5, 0.6) is 0 Å². The molecular formula is C77H142O6. The maximum Gasteiger partial charge on any atom is 0.306 e. The summed E-state index contributed by atoms with van der Waals surface area (Å²) in [6.07, 6.45) is 91.7. The summed E-state index contributed by atoms with van der Waals surface area (Å²) in [4.78, 5) is 38.4. The minimum absolute atomic E-state index is 0.0743. The van der Waals surface area contributed by atoms with E-state index in [9.17, 15) is 14.4 Å². The lowest BCUT2D eigenvalue weighted by Crippen LogP contribution is -2.30. The Bertz CT molecular complexity index is 1430. The quantitative estimate of drug-likeness (QED) is 0.0261. The van der Waals surface area contributed by atoms with Crippen molar-refractivity contribution in [3.8, 4) is 0 Å². The van der Waals surface area contributed by atoms with E-state index in [1.54, 1.807) is 0 Å². The van der Waals surface area contributed by atoms with E-state index in [4.69, 9.17) is 14.2 Å². The molecule has 0 N–H and O–H groups in total. The Morgan fingerprint density at radius 1 is 0.241 bits per heavy atom. The van der Waals surface area contributed by atoms with Gasteiger partial charge in [0.15, 0.2) is 6.10 Å². The molecule has 0 aromatic rings. The van der Waals surface area contributed by atoms with Gasteiger partial charge in [0.1, 0.15) is 13.2 Å². The van der Waals surface area contributed by atoms with Gasteiger partial charge in [0.25, 0.3) is 0 Å². The molecule has 6 heteroatoms. The normalized spacial score (nSPS) is 12.3. The van der Waals surface area contributed by atoms with E-state index < -0.39 is 6.10 Å². The van der Waals surface area contributed by atoms with E-state index in [1.165, 1.54) is 283 Å². The molecule has 486 valence electrons. The summed E-state index contributed by atoms with van der Waals surface area (Å²) in [6, 6.07) is 0. The third-order valence-electron chi connectivity index (χ3n) is 16.8. The number of ether oxygens (including phenoxy) is 3. The van der Waals surface area contributed by atoms with E-state index >= 15 is 0 Å². The van der Waals surface area contributed by atoms with Gasteiger partial charge >= 0.3 is 17.9 Å². The lowest BCUT2D eigenvalue weighted by Gasteiger charge is -2.18. The summed E-state index contributed by atoms with van der Waals surface area (Å²) in [7, 11) is 0. The molecule has 1 atom stereocenters. The largest absolute Gasteiger partial charge is 0.462 e. The average molecular weight is 1160 g/mol. The van der Waals surface area contributed by atoms with E-state index in [0.29, 0.717) is 19.3 Å². The van der Waals surface area contributed by atoms with Crippen molar-refractivity contribution in [1.82, 2.24) is 0 Å². The first-order valence-electron chi connectivity index (χ1n) is 37.1. The Balaban J connectivity index is 4.12. The summed E-state index contributed by atoms with van der Waals surface area (Å²) in [5.41, 5.74) is 0. The van der Waals surface area contributed by atoms with Crippen LogP contribution in [0.2, 0.25) is 0 Å². The third kappa shape index (κ3) is 70.0. The van der Waals surface area contributed by atoms with Crippen molar-refractivity contribution in [2.45, 2.75) is 412 Å². The SMILES string of the molecule is CCC/C=C\C/C=C\CCCCCCCC(=O)OCC(COC(=O)CCCCCCCCCCCCCCCCCCCCCCC/C=C\CCCCCCCCCC)OC(=O)CCCCCCCCCCC/C=C\CCCCCCCC. The molecule has 0 aliphatic rings. The van der Waals surface area contributed by atoms with Crippen LogP contribution in [0, 0.1) is 0 Å². The zero-order chi connectivity index (χ0) is 59.9. The molecule has 0 radical (unpaired) electrons. The molecule has 0 aromatic carbocycles. The standard InChI is InChI=1S/C77H142O6/c1-4-7-10-13-16-19-22-25-27-29-31-32-33-34-35-36-37-38-39-40-41-42-43-44-46-47-49-52-55-58-61-64-67-70-76(79)82-73-74(72-81-75(78)69-66-63-60-57-54-51-24-21-18-15-12-9-6-3)83-77(80)71-68-65-62-59-56-53-50-48-45-30-28-26-23-20-17-14-11-8-5-2/h12,15,21,24,26,28-29,31,74H,4-11,13-14,16-20,22-23,25,27,30,32-73H2,1-3H3/b15-12-,24-21-,28-26-,31-29-. The highest BCUT2D eigenvalue weighted by Gasteiger charge is 2.19. The molecule has 0 spiro atoms. The summed E-state index contributed by atoms with van der Waals surface area (Å²) < 4.78 is 17.0. The molecule has 0 saturated heterocycles. The Kier molecular flexibility index (Phi) is 69.6. The Morgan fingerprint density at radius 2 is 0.458 bits per heavy atom. The van der Waals surface area contributed by atoms with Crippen molar-refractivity contribution < 1.29 is 28.6 Å². The number of hydrogen-bond acceptors (Lipinski definition) is 6. The van der Waals surface area contributed by atoms with Gasteiger partial charge < -0.3 is 14.2 Å². The van der Waals surface area contributed by atoms with E-state index in [-0.39, 0.29) is 31.1 Å². The summed E-state index contributed by atoms with van der Waals surface area (Å²) >= 11 is 0. The monoisotopic (exact) mass is 1160 g/mol. The fourth-order valence-corrected chi connectivity index (χ4v) is 11.2. The van der Waals surface area contributed by atoms with Crippen molar-refractivity contribution in [2.75, 3.05) is 13.2 Å². The molecule has 6 nitrogen and oxygen atoms in total. The Labute approximate surface area is 518 Å². The lowest BCUT2D eigenvalue weighted by molar-refractivity contribution is -0.167. The van der Waals surface area contributed by atoms with Crippen molar-refractivity contribution in [2.24, 2.45) is 0 Å². The molecule has 0 fully saturated rings. The minimum atomic E-state index is -0.779. The van der Waals surface area contributed by atoms with E-state index in [2.05, 4.69) is 69.4 Å². The van der Waals surface area contributed by atoms with Crippen LogP contribution < -0.4 is 0 Å². The fourth-order valence-electron chi connectivity index (χ4n) is 11.2. The zero-order valence-electron chi connectivity index (χ0n) is 56.0. The second-order valence-electron chi connectivity index (χ2n) is 25.2. The number of carbonyl (C=O) groups excluding carboxylic acids is 3. The predicted molar refractivity (Wildman–Crippen MR) is 362 cm³/mol. The van der Waals surface area contributed by atoms with Crippen LogP contribution >= 0.6 is 0 Å². The van der Waals surface area contributed by atoms with Gasteiger partial charge in [0.05, 0.1) is 0 Å². The molecule has 83 heavy (non-hydrogen) atoms. The van der Waals surface area contributed by atoms with Gasteiger partial charge in [-0.1, -0.05) is 339 Å².